The molecule has 8 heteroatoms. The Bertz CT molecular complexity index is 1130. The number of imidazole rings is 1. The number of carbonyl (C=O) groups excluding carboxylic acids is 1. The van der Waals surface area contributed by atoms with Crippen LogP contribution >= 0.6 is 0 Å². The van der Waals surface area contributed by atoms with Crippen molar-refractivity contribution in [1.82, 2.24) is 25.6 Å². The molecule has 1 fully saturated rings. The summed E-state index contributed by atoms with van der Waals surface area (Å²) in [7, 11) is 1.71. The summed E-state index contributed by atoms with van der Waals surface area (Å²) in [5.41, 5.74) is 3.29. The number of hydrogen-bond donors (Lipinski definition) is 4. The number of hydrogen-bond acceptors (Lipinski definition) is 5. The van der Waals surface area contributed by atoms with Crippen LogP contribution in [0.3, 0.4) is 0 Å². The molecule has 1 aliphatic carbocycles. The first kappa shape index (κ1) is 19.8. The molecule has 0 unspecified atom stereocenters. The molecule has 0 spiro atoms. The first-order chi connectivity index (χ1) is 14.6. The summed E-state index contributed by atoms with van der Waals surface area (Å²) in [6.07, 6.45) is 7.67. The highest BCUT2D eigenvalue weighted by atomic mass is 19.1. The smallest absolute Gasteiger partial charge is 0.272 e. The highest BCUT2D eigenvalue weighted by Crippen LogP contribution is 2.32. The van der Waals surface area contributed by atoms with Gasteiger partial charge >= 0.3 is 0 Å². The van der Waals surface area contributed by atoms with Gasteiger partial charge in [-0.25, -0.2) is 14.4 Å². The van der Waals surface area contributed by atoms with Crippen LogP contribution in [0.25, 0.3) is 16.6 Å². The van der Waals surface area contributed by atoms with E-state index in [4.69, 9.17) is 5.41 Å². The molecule has 0 atom stereocenters. The van der Waals surface area contributed by atoms with E-state index in [0.29, 0.717) is 33.7 Å². The third-order valence-corrected chi connectivity index (χ3v) is 5.05. The van der Waals surface area contributed by atoms with Crippen LogP contribution in [0.4, 0.5) is 4.39 Å². The topological polar surface area (TPSA) is 107 Å². The molecule has 7 nitrogen and oxygen atoms in total. The van der Waals surface area contributed by atoms with Crippen LogP contribution in [-0.2, 0) is 13.0 Å². The average molecular weight is 406 g/mol. The van der Waals surface area contributed by atoms with Gasteiger partial charge < -0.3 is 21.0 Å². The second kappa shape index (κ2) is 8.44. The largest absolute Gasteiger partial charge is 0.393 e. The molecule has 4 rings (SSSR count). The first-order valence-electron chi connectivity index (χ1n) is 9.87. The second-order valence-electron chi connectivity index (χ2n) is 7.45. The van der Waals surface area contributed by atoms with E-state index in [1.54, 1.807) is 31.6 Å². The highest BCUT2D eigenvalue weighted by molar-refractivity contribution is 6.08. The number of nitrogens with zero attached hydrogens (tertiary/aromatic N) is 2. The summed E-state index contributed by atoms with van der Waals surface area (Å²) in [5.74, 6) is 0.769. The van der Waals surface area contributed by atoms with Crippen LogP contribution in [0.15, 0.2) is 36.7 Å². The number of benzene rings is 1. The first-order valence-corrected chi connectivity index (χ1v) is 9.87. The zero-order valence-electron chi connectivity index (χ0n) is 16.6. The molecular weight excluding hydrogens is 383 g/mol. The Morgan fingerprint density at radius 2 is 2.20 bits per heavy atom. The Kier molecular flexibility index (Phi) is 5.56. The minimum Gasteiger partial charge on any atom is -0.393 e. The van der Waals surface area contributed by atoms with Gasteiger partial charge in [-0.15, -0.1) is 0 Å². The van der Waals surface area contributed by atoms with Gasteiger partial charge in [0.25, 0.3) is 5.91 Å². The lowest BCUT2D eigenvalue weighted by Crippen LogP contribution is -2.24. The Morgan fingerprint density at radius 1 is 1.37 bits per heavy atom. The summed E-state index contributed by atoms with van der Waals surface area (Å²) >= 11 is 0. The van der Waals surface area contributed by atoms with E-state index in [1.807, 2.05) is 0 Å². The van der Waals surface area contributed by atoms with E-state index in [2.05, 4.69) is 25.6 Å². The van der Waals surface area contributed by atoms with E-state index in [9.17, 15) is 9.18 Å². The summed E-state index contributed by atoms with van der Waals surface area (Å²) < 4.78 is 14.1. The lowest BCUT2D eigenvalue weighted by Gasteiger charge is -2.09. The molecule has 0 aliphatic heterocycles. The molecular formula is C22H23FN6O. The van der Waals surface area contributed by atoms with Crippen molar-refractivity contribution in [2.24, 2.45) is 5.92 Å². The van der Waals surface area contributed by atoms with Crippen LogP contribution in [0, 0.1) is 17.1 Å². The van der Waals surface area contributed by atoms with Gasteiger partial charge in [-0.1, -0.05) is 0 Å². The van der Waals surface area contributed by atoms with Gasteiger partial charge in [-0.3, -0.25) is 4.79 Å². The summed E-state index contributed by atoms with van der Waals surface area (Å²) in [6.45, 7) is 0.134. The number of aromatic amines is 1. The van der Waals surface area contributed by atoms with Crippen molar-refractivity contribution in [3.63, 3.8) is 0 Å². The van der Waals surface area contributed by atoms with Crippen molar-refractivity contribution in [2.45, 2.75) is 25.8 Å². The number of amides is 1. The fraction of sp³-hybridized carbons (Fsp3) is 0.273. The summed E-state index contributed by atoms with van der Waals surface area (Å²) in [4.78, 5) is 24.8. The van der Waals surface area contributed by atoms with Crippen LogP contribution in [0.2, 0.25) is 0 Å². The van der Waals surface area contributed by atoms with Gasteiger partial charge in [0, 0.05) is 44.2 Å². The Balaban J connectivity index is 1.52. The van der Waals surface area contributed by atoms with E-state index in [1.165, 1.54) is 25.0 Å². The van der Waals surface area contributed by atoms with Gasteiger partial charge in [-0.05, 0) is 54.2 Å². The molecule has 154 valence electrons. The molecule has 30 heavy (non-hydrogen) atoms. The van der Waals surface area contributed by atoms with Crippen LogP contribution in [0.1, 0.15) is 40.3 Å². The maximum absolute atomic E-state index is 14.1. The minimum atomic E-state index is -0.431. The van der Waals surface area contributed by atoms with Crippen molar-refractivity contribution in [1.29, 1.82) is 5.41 Å². The normalized spacial score (nSPS) is 14.0. The van der Waals surface area contributed by atoms with E-state index >= 15 is 0 Å². The number of nitrogens with one attached hydrogen (secondary N) is 4. The van der Waals surface area contributed by atoms with Crippen molar-refractivity contribution in [2.75, 3.05) is 7.05 Å². The van der Waals surface area contributed by atoms with Crippen molar-refractivity contribution >= 4 is 28.7 Å². The maximum atomic E-state index is 14.1. The maximum Gasteiger partial charge on any atom is 0.272 e. The zero-order chi connectivity index (χ0) is 21.1. The lowest BCUT2D eigenvalue weighted by atomic mass is 10.0. The van der Waals surface area contributed by atoms with Gasteiger partial charge in [-0.2, -0.15) is 0 Å². The molecule has 3 aromatic rings. The number of rotatable bonds is 8. The Labute approximate surface area is 173 Å². The molecule has 1 aromatic carbocycles. The fourth-order valence-electron chi connectivity index (χ4n) is 3.40. The monoisotopic (exact) mass is 406 g/mol. The molecule has 0 radical (unpaired) electrons. The zero-order valence-corrected chi connectivity index (χ0v) is 16.6. The molecule has 1 amide bonds. The SMILES string of the molecule is CN/C=C(\C=N)c1cc(F)cc(CNC(=O)c2nccc3nc(CC4CC4)[nH]c23)c1. The highest BCUT2D eigenvalue weighted by Gasteiger charge is 2.24. The standard InChI is InChI=1S/C22H23FN6O/c1-25-12-16(10-24)15-6-14(7-17(23)9-15)11-27-22(30)21-20-18(4-5-26-21)28-19(29-20)8-13-2-3-13/h4-7,9-10,12-13,24-25H,2-3,8,11H2,1H3,(H,27,30)(H,28,29)/b16-12+,24-10?. The van der Waals surface area contributed by atoms with Crippen molar-refractivity contribution in [3.8, 4) is 0 Å². The number of aromatic nitrogens is 3. The fourth-order valence-corrected chi connectivity index (χ4v) is 3.40. The van der Waals surface area contributed by atoms with Crippen LogP contribution < -0.4 is 10.6 Å². The Morgan fingerprint density at radius 3 is 2.93 bits per heavy atom. The average Bonchev–Trinajstić information content (AvgIpc) is 3.45. The van der Waals surface area contributed by atoms with Gasteiger partial charge in [0.2, 0.25) is 0 Å². The van der Waals surface area contributed by atoms with Crippen molar-refractivity contribution in [3.05, 3.63) is 65.1 Å². The molecule has 1 saturated carbocycles. The number of pyridine rings is 1. The Hall–Kier alpha value is -3.55. The van der Waals surface area contributed by atoms with E-state index < -0.39 is 5.82 Å². The van der Waals surface area contributed by atoms with Gasteiger partial charge in [0.15, 0.2) is 5.69 Å². The van der Waals surface area contributed by atoms with Crippen molar-refractivity contribution < 1.29 is 9.18 Å². The number of carbonyl (C=O) groups is 1. The summed E-state index contributed by atoms with van der Waals surface area (Å²) in [5, 5.41) is 13.2. The molecule has 2 heterocycles. The molecule has 0 saturated heterocycles. The molecule has 2 aromatic heterocycles. The quantitative estimate of drug-likeness (QED) is 0.431. The van der Waals surface area contributed by atoms with E-state index in [-0.39, 0.29) is 18.1 Å². The summed E-state index contributed by atoms with van der Waals surface area (Å²) in [6, 6.07) is 6.25. The lowest BCUT2D eigenvalue weighted by molar-refractivity contribution is 0.0947. The molecule has 1 aliphatic rings. The predicted octanol–water partition coefficient (Wildman–Crippen LogP) is 3.19. The number of halogens is 1. The third-order valence-electron chi connectivity index (χ3n) is 5.05. The van der Waals surface area contributed by atoms with Gasteiger partial charge in [0.05, 0.1) is 11.0 Å². The number of fused-ring (bicyclic) bond motifs is 1. The number of H-pyrrole nitrogens is 1. The van der Waals surface area contributed by atoms with Crippen LogP contribution in [0.5, 0.6) is 0 Å². The minimum absolute atomic E-state index is 0.134. The van der Waals surface area contributed by atoms with Crippen LogP contribution in [-0.4, -0.2) is 34.1 Å². The van der Waals surface area contributed by atoms with E-state index in [0.717, 1.165) is 18.5 Å². The number of allylic oxidation sites excluding steroid dienone is 1. The third kappa shape index (κ3) is 4.37. The molecule has 0 bridgehead atoms. The predicted molar refractivity (Wildman–Crippen MR) is 114 cm³/mol. The second-order valence-corrected chi connectivity index (χ2v) is 7.45. The molecule has 4 N–H and O–H groups in total. The van der Waals surface area contributed by atoms with Gasteiger partial charge in [0.1, 0.15) is 11.6 Å².